The third-order valence-corrected chi connectivity index (χ3v) is 4.22. The van der Waals surface area contributed by atoms with Crippen molar-refractivity contribution < 1.29 is 4.74 Å². The number of hydrogen-bond acceptors (Lipinski definition) is 3. The molecule has 1 atom stereocenters. The lowest BCUT2D eigenvalue weighted by Gasteiger charge is -2.25. The van der Waals surface area contributed by atoms with Crippen molar-refractivity contribution in [2.24, 2.45) is 5.41 Å². The van der Waals surface area contributed by atoms with E-state index in [1.807, 2.05) is 6.92 Å². The van der Waals surface area contributed by atoms with E-state index in [0.29, 0.717) is 18.1 Å². The van der Waals surface area contributed by atoms with Crippen LogP contribution in [0, 0.1) is 12.3 Å². The highest BCUT2D eigenvalue weighted by Crippen LogP contribution is 2.37. The Morgan fingerprint density at radius 1 is 1.47 bits per heavy atom. The van der Waals surface area contributed by atoms with Crippen molar-refractivity contribution >= 4 is 5.95 Å². The molecule has 0 saturated heterocycles. The smallest absolute Gasteiger partial charge is 0.203 e. The second-order valence-corrected chi connectivity index (χ2v) is 6.29. The molecule has 108 valence electrons. The van der Waals surface area contributed by atoms with E-state index in [2.05, 4.69) is 34.9 Å². The first-order valence-electron chi connectivity index (χ1n) is 7.32. The van der Waals surface area contributed by atoms with Gasteiger partial charge in [0.2, 0.25) is 5.95 Å². The number of aryl methyl sites for hydroxylation is 1. The second kappa shape index (κ2) is 5.95. The van der Waals surface area contributed by atoms with Crippen LogP contribution >= 0.6 is 0 Å². The van der Waals surface area contributed by atoms with Crippen molar-refractivity contribution in [1.82, 2.24) is 9.55 Å². The van der Waals surface area contributed by atoms with E-state index in [9.17, 15) is 0 Å². The molecule has 1 saturated carbocycles. The van der Waals surface area contributed by atoms with Crippen LogP contribution in [0.4, 0.5) is 5.95 Å². The van der Waals surface area contributed by atoms with E-state index < -0.39 is 0 Å². The van der Waals surface area contributed by atoms with Crippen LogP contribution < -0.4 is 5.32 Å². The van der Waals surface area contributed by atoms with E-state index >= 15 is 0 Å². The number of nitrogens with one attached hydrogen (secondary N) is 1. The maximum atomic E-state index is 5.24. The number of nitrogens with zero attached hydrogens (tertiary/aromatic N) is 2. The van der Waals surface area contributed by atoms with Crippen LogP contribution in [0.3, 0.4) is 0 Å². The highest BCUT2D eigenvalue weighted by molar-refractivity contribution is 5.30. The molecule has 0 amide bonds. The van der Waals surface area contributed by atoms with Crippen molar-refractivity contribution in [2.75, 3.05) is 25.6 Å². The Balaban J connectivity index is 2.03. The number of ether oxygens (including phenoxy) is 1. The van der Waals surface area contributed by atoms with Crippen molar-refractivity contribution in [3.05, 3.63) is 11.9 Å². The van der Waals surface area contributed by atoms with Crippen LogP contribution in [0.25, 0.3) is 0 Å². The van der Waals surface area contributed by atoms with Crippen molar-refractivity contribution in [3.63, 3.8) is 0 Å². The molecule has 0 spiro atoms. The molecule has 0 bridgehead atoms. The number of hydrogen-bond donors (Lipinski definition) is 1. The van der Waals surface area contributed by atoms with Gasteiger partial charge >= 0.3 is 0 Å². The predicted octanol–water partition coefficient (Wildman–Crippen LogP) is 3.39. The van der Waals surface area contributed by atoms with Gasteiger partial charge in [-0.1, -0.05) is 19.8 Å². The highest BCUT2D eigenvalue weighted by atomic mass is 16.5. The molecule has 4 nitrogen and oxygen atoms in total. The zero-order valence-corrected chi connectivity index (χ0v) is 12.7. The van der Waals surface area contributed by atoms with Crippen molar-refractivity contribution in [1.29, 1.82) is 0 Å². The van der Waals surface area contributed by atoms with Gasteiger partial charge in [-0.3, -0.25) is 0 Å². The zero-order valence-electron chi connectivity index (χ0n) is 12.7. The van der Waals surface area contributed by atoms with Crippen LogP contribution in [0.2, 0.25) is 0 Å². The fourth-order valence-corrected chi connectivity index (χ4v) is 3.00. The topological polar surface area (TPSA) is 39.1 Å². The Hall–Kier alpha value is -1.03. The quantitative estimate of drug-likeness (QED) is 0.857. The van der Waals surface area contributed by atoms with Gasteiger partial charge in [0.1, 0.15) is 0 Å². The molecule has 1 heterocycles. The molecule has 1 aliphatic carbocycles. The molecule has 4 heteroatoms. The monoisotopic (exact) mass is 265 g/mol. The van der Waals surface area contributed by atoms with Crippen LogP contribution in [0.5, 0.6) is 0 Å². The highest BCUT2D eigenvalue weighted by Gasteiger charge is 2.28. The van der Waals surface area contributed by atoms with Crippen LogP contribution in [0.1, 0.15) is 51.3 Å². The number of methoxy groups -OCH3 is 1. The molecule has 0 aliphatic heterocycles. The summed E-state index contributed by atoms with van der Waals surface area (Å²) < 4.78 is 7.44. The molecule has 0 aromatic carbocycles. The molecule has 1 unspecified atom stereocenters. The summed E-state index contributed by atoms with van der Waals surface area (Å²) in [6, 6.07) is 0.310. The molecule has 1 aromatic rings. The minimum absolute atomic E-state index is 0.310. The van der Waals surface area contributed by atoms with Crippen LogP contribution in [0.15, 0.2) is 6.20 Å². The summed E-state index contributed by atoms with van der Waals surface area (Å²) in [7, 11) is 1.74. The normalized spacial score (nSPS) is 19.6. The molecule has 19 heavy (non-hydrogen) atoms. The summed E-state index contributed by atoms with van der Waals surface area (Å²) in [4.78, 5) is 4.60. The molecular weight excluding hydrogens is 238 g/mol. The minimum atomic E-state index is 0.310. The third-order valence-electron chi connectivity index (χ3n) is 4.22. The summed E-state index contributed by atoms with van der Waals surface area (Å²) in [5.74, 6) is 0.982. The van der Waals surface area contributed by atoms with E-state index in [4.69, 9.17) is 4.74 Å². The minimum Gasteiger partial charge on any atom is -0.383 e. The lowest BCUT2D eigenvalue weighted by atomic mass is 9.89. The summed E-state index contributed by atoms with van der Waals surface area (Å²) in [5, 5.41) is 3.55. The van der Waals surface area contributed by atoms with Crippen molar-refractivity contribution in [2.45, 2.75) is 52.5 Å². The predicted molar refractivity (Wildman–Crippen MR) is 78.6 cm³/mol. The first-order chi connectivity index (χ1) is 9.04. The van der Waals surface area contributed by atoms with Gasteiger partial charge in [-0.25, -0.2) is 4.98 Å². The van der Waals surface area contributed by atoms with Gasteiger partial charge in [0, 0.05) is 19.9 Å². The van der Waals surface area contributed by atoms with Gasteiger partial charge in [-0.15, -0.1) is 0 Å². The molecule has 1 N–H and O–H groups in total. The van der Waals surface area contributed by atoms with E-state index in [1.165, 1.54) is 25.7 Å². The maximum absolute atomic E-state index is 5.24. The lowest BCUT2D eigenvalue weighted by molar-refractivity contribution is 0.163. The summed E-state index contributed by atoms with van der Waals surface area (Å²) in [6.07, 6.45) is 7.49. The third kappa shape index (κ3) is 3.50. The van der Waals surface area contributed by atoms with Crippen LogP contribution in [-0.4, -0.2) is 29.8 Å². The molecule has 2 rings (SSSR count). The maximum Gasteiger partial charge on any atom is 0.203 e. The Kier molecular flexibility index (Phi) is 4.50. The van der Waals surface area contributed by atoms with Gasteiger partial charge in [-0.05, 0) is 32.1 Å². The first kappa shape index (κ1) is 14.4. The fourth-order valence-electron chi connectivity index (χ4n) is 3.00. The first-order valence-corrected chi connectivity index (χ1v) is 7.32. The van der Waals surface area contributed by atoms with E-state index in [1.54, 1.807) is 7.11 Å². The standard InChI is InChI=1S/C15H27N3O/c1-12-9-18(13(2)10-19-4)14(17-12)16-11-15(3)7-5-6-8-15/h9,13H,5-8,10-11H2,1-4H3,(H,16,17). The summed E-state index contributed by atoms with van der Waals surface area (Å²) in [6.45, 7) is 8.31. The summed E-state index contributed by atoms with van der Waals surface area (Å²) >= 11 is 0. The van der Waals surface area contributed by atoms with E-state index in [0.717, 1.165) is 18.2 Å². The van der Waals surface area contributed by atoms with Crippen LogP contribution in [-0.2, 0) is 4.74 Å². The number of anilines is 1. The average Bonchev–Trinajstić information content (AvgIpc) is 2.94. The molecule has 0 radical (unpaired) electrons. The Morgan fingerprint density at radius 2 is 2.16 bits per heavy atom. The van der Waals surface area contributed by atoms with Gasteiger partial charge < -0.3 is 14.6 Å². The Bertz CT molecular complexity index is 408. The van der Waals surface area contributed by atoms with Gasteiger partial charge in [0.05, 0.1) is 18.3 Å². The number of aromatic nitrogens is 2. The molecule has 1 aliphatic rings. The zero-order chi connectivity index (χ0) is 13.9. The fraction of sp³-hybridized carbons (Fsp3) is 0.800. The second-order valence-electron chi connectivity index (χ2n) is 6.29. The van der Waals surface area contributed by atoms with Gasteiger partial charge in [0.15, 0.2) is 0 Å². The Morgan fingerprint density at radius 3 is 2.79 bits per heavy atom. The molecule has 1 fully saturated rings. The molecular formula is C15H27N3O. The largest absolute Gasteiger partial charge is 0.383 e. The average molecular weight is 265 g/mol. The van der Waals surface area contributed by atoms with Gasteiger partial charge in [-0.2, -0.15) is 0 Å². The number of imidazole rings is 1. The Labute approximate surface area is 116 Å². The number of rotatable bonds is 6. The van der Waals surface area contributed by atoms with Crippen molar-refractivity contribution in [3.8, 4) is 0 Å². The lowest BCUT2D eigenvalue weighted by Crippen LogP contribution is -2.25. The SMILES string of the molecule is COCC(C)n1cc(C)nc1NCC1(C)CCCC1. The summed E-state index contributed by atoms with van der Waals surface area (Å²) in [5.41, 5.74) is 1.50. The molecule has 1 aromatic heterocycles. The van der Waals surface area contributed by atoms with Gasteiger partial charge in [0.25, 0.3) is 0 Å². The van der Waals surface area contributed by atoms with E-state index in [-0.39, 0.29) is 0 Å².